The molecular formula is C13H5NO8. The average Bonchev–Trinajstić information content (AvgIpc) is 2.76. The third kappa shape index (κ3) is 2.10. The van der Waals surface area contributed by atoms with Crippen LogP contribution in [0.25, 0.3) is 0 Å². The number of hydrogen-bond acceptors (Lipinski definition) is 7. The monoisotopic (exact) mass is 303 g/mol. The second-order valence-electron chi connectivity index (χ2n) is 4.09. The van der Waals surface area contributed by atoms with Crippen molar-refractivity contribution in [2.24, 2.45) is 0 Å². The molecule has 0 unspecified atom stereocenters. The second kappa shape index (κ2) is 5.13. The minimum absolute atomic E-state index is 0.0972. The van der Waals surface area contributed by atoms with Gasteiger partial charge in [-0.3, -0.25) is 28.8 Å². The minimum atomic E-state index is -2.23. The Labute approximate surface area is 121 Å². The molecular weight excluding hydrogens is 298 g/mol. The maximum Gasteiger partial charge on any atom is 0.380 e. The van der Waals surface area contributed by atoms with Gasteiger partial charge in [0.25, 0.3) is 23.4 Å². The normalized spacial score (nSPS) is 12.8. The largest absolute Gasteiger partial charge is 0.475 e. The van der Waals surface area contributed by atoms with Crippen LogP contribution in [-0.4, -0.2) is 51.0 Å². The van der Waals surface area contributed by atoms with Gasteiger partial charge in [0.1, 0.15) is 0 Å². The van der Waals surface area contributed by atoms with Gasteiger partial charge in [0.15, 0.2) is 0 Å². The molecule has 0 radical (unpaired) electrons. The van der Waals surface area contributed by atoms with Crippen molar-refractivity contribution in [3.05, 3.63) is 35.4 Å². The fraction of sp³-hybridized carbons (Fsp3) is 0. The summed E-state index contributed by atoms with van der Waals surface area (Å²) in [6, 6.07) is 5.30. The molecule has 1 aliphatic rings. The molecule has 0 bridgehead atoms. The number of carbonyl (C=O) groups is 7. The van der Waals surface area contributed by atoms with Gasteiger partial charge in [-0.05, 0) is 12.1 Å². The van der Waals surface area contributed by atoms with E-state index in [0.717, 1.165) is 0 Å². The summed E-state index contributed by atoms with van der Waals surface area (Å²) in [5.74, 6) is -12.7. The van der Waals surface area contributed by atoms with E-state index in [-0.39, 0.29) is 16.0 Å². The number of hydrogen-bond donors (Lipinski definition) is 1. The van der Waals surface area contributed by atoms with Gasteiger partial charge in [-0.25, -0.2) is 9.69 Å². The number of carbonyl (C=O) groups excluding carboxylic acids is 6. The molecule has 9 nitrogen and oxygen atoms in total. The summed E-state index contributed by atoms with van der Waals surface area (Å²) in [5, 5.41) is 8.31. The van der Waals surface area contributed by atoms with Crippen LogP contribution in [0.2, 0.25) is 0 Å². The smallest absolute Gasteiger partial charge is 0.380 e. The van der Waals surface area contributed by atoms with E-state index in [1.807, 2.05) is 0 Å². The molecule has 110 valence electrons. The van der Waals surface area contributed by atoms with Crippen LogP contribution < -0.4 is 0 Å². The Morgan fingerprint density at radius 3 is 1.64 bits per heavy atom. The number of ketones is 3. The van der Waals surface area contributed by atoms with E-state index in [1.165, 1.54) is 24.3 Å². The van der Waals surface area contributed by atoms with Gasteiger partial charge in [0.2, 0.25) is 0 Å². The maximum absolute atomic E-state index is 11.9. The SMILES string of the molecule is O=C(O)C(=O)C(=O)C(=O)C(=O)N1C(=O)c2ccccc2C1=O. The molecule has 1 aliphatic heterocycles. The predicted octanol–water partition coefficient (Wildman–Crippen LogP) is -1.40. The molecule has 1 heterocycles. The minimum Gasteiger partial charge on any atom is -0.475 e. The third-order valence-corrected chi connectivity index (χ3v) is 2.80. The summed E-state index contributed by atoms with van der Waals surface area (Å²) in [6.45, 7) is 0. The number of fused-ring (bicyclic) bond motifs is 1. The Morgan fingerprint density at radius 1 is 0.773 bits per heavy atom. The Hall–Kier alpha value is -3.49. The Balaban J connectivity index is 2.33. The van der Waals surface area contributed by atoms with Crippen LogP contribution in [0.5, 0.6) is 0 Å². The van der Waals surface area contributed by atoms with Gasteiger partial charge in [-0.2, -0.15) is 0 Å². The van der Waals surface area contributed by atoms with Crippen LogP contribution in [0, 0.1) is 0 Å². The first-order valence-electron chi connectivity index (χ1n) is 5.65. The first-order valence-corrected chi connectivity index (χ1v) is 5.65. The highest BCUT2D eigenvalue weighted by atomic mass is 16.4. The van der Waals surface area contributed by atoms with E-state index in [0.29, 0.717) is 0 Å². The zero-order chi connectivity index (χ0) is 16.6. The lowest BCUT2D eigenvalue weighted by atomic mass is 10.1. The van der Waals surface area contributed by atoms with Gasteiger partial charge in [0, 0.05) is 0 Å². The van der Waals surface area contributed by atoms with Crippen LogP contribution in [0.1, 0.15) is 20.7 Å². The van der Waals surface area contributed by atoms with Crippen molar-refractivity contribution < 1.29 is 38.7 Å². The summed E-state index contributed by atoms with van der Waals surface area (Å²) in [6.07, 6.45) is 0. The maximum atomic E-state index is 11.9. The third-order valence-electron chi connectivity index (χ3n) is 2.80. The summed E-state index contributed by atoms with van der Waals surface area (Å²) in [7, 11) is 0. The standard InChI is InChI=1S/C13H5NO8/c15-7(9(17)13(21)22)8(16)12(20)14-10(18)5-3-1-2-4-6(5)11(14)19/h1-4H,(H,21,22). The van der Waals surface area contributed by atoms with Crippen molar-refractivity contribution in [1.29, 1.82) is 0 Å². The number of benzene rings is 1. The number of carboxylic acid groups (broad SMARTS) is 1. The van der Waals surface area contributed by atoms with Crippen molar-refractivity contribution in [2.45, 2.75) is 0 Å². The molecule has 0 aromatic heterocycles. The Bertz CT molecular complexity index is 756. The highest BCUT2D eigenvalue weighted by Gasteiger charge is 2.45. The number of carboxylic acids is 1. The summed E-state index contributed by atoms with van der Waals surface area (Å²) in [4.78, 5) is 79.4. The highest BCUT2D eigenvalue weighted by molar-refractivity contribution is 6.86. The van der Waals surface area contributed by atoms with Crippen LogP contribution >= 0.6 is 0 Å². The van der Waals surface area contributed by atoms with Crippen molar-refractivity contribution in [3.8, 4) is 0 Å². The number of imide groups is 3. The first-order chi connectivity index (χ1) is 10.3. The quantitative estimate of drug-likeness (QED) is 0.406. The molecule has 1 aromatic carbocycles. The lowest BCUT2D eigenvalue weighted by molar-refractivity contribution is -0.156. The van der Waals surface area contributed by atoms with Crippen molar-refractivity contribution >= 4 is 41.0 Å². The van der Waals surface area contributed by atoms with E-state index in [9.17, 15) is 33.6 Å². The van der Waals surface area contributed by atoms with Gasteiger partial charge in [-0.1, -0.05) is 12.1 Å². The molecule has 9 heteroatoms. The van der Waals surface area contributed by atoms with Crippen LogP contribution in [0.15, 0.2) is 24.3 Å². The molecule has 2 rings (SSSR count). The van der Waals surface area contributed by atoms with Gasteiger partial charge in [0.05, 0.1) is 11.1 Å². The molecule has 1 N–H and O–H groups in total. The molecule has 3 amide bonds. The average molecular weight is 303 g/mol. The first kappa shape index (κ1) is 14.9. The van der Waals surface area contributed by atoms with Crippen molar-refractivity contribution in [3.63, 3.8) is 0 Å². The van der Waals surface area contributed by atoms with E-state index < -0.39 is 41.0 Å². The van der Waals surface area contributed by atoms with Gasteiger partial charge < -0.3 is 5.11 Å². The zero-order valence-corrected chi connectivity index (χ0v) is 10.6. The number of rotatable bonds is 4. The van der Waals surface area contributed by atoms with E-state index in [4.69, 9.17) is 5.11 Å². The summed E-state index contributed by atoms with van der Waals surface area (Å²) >= 11 is 0. The topological polar surface area (TPSA) is 143 Å². The molecule has 22 heavy (non-hydrogen) atoms. The summed E-state index contributed by atoms with van der Waals surface area (Å²) < 4.78 is 0. The lowest BCUT2D eigenvalue weighted by Gasteiger charge is -2.09. The molecule has 0 saturated heterocycles. The van der Waals surface area contributed by atoms with E-state index in [2.05, 4.69) is 0 Å². The fourth-order valence-corrected chi connectivity index (χ4v) is 1.77. The molecule has 1 aromatic rings. The van der Waals surface area contributed by atoms with Crippen molar-refractivity contribution in [2.75, 3.05) is 0 Å². The number of aliphatic carboxylic acids is 1. The molecule has 0 atom stereocenters. The molecule has 0 aliphatic carbocycles. The number of Topliss-reactive ketones (excluding diaryl/α,β-unsaturated/α-hetero) is 3. The molecule has 0 saturated carbocycles. The second-order valence-corrected chi connectivity index (χ2v) is 4.09. The highest BCUT2D eigenvalue weighted by Crippen LogP contribution is 2.22. The molecule has 0 spiro atoms. The van der Waals surface area contributed by atoms with E-state index in [1.54, 1.807) is 0 Å². The van der Waals surface area contributed by atoms with Gasteiger partial charge >= 0.3 is 17.7 Å². The number of nitrogens with zero attached hydrogens (tertiary/aromatic N) is 1. The van der Waals surface area contributed by atoms with Crippen LogP contribution in [0.3, 0.4) is 0 Å². The Kier molecular flexibility index (Phi) is 3.47. The van der Waals surface area contributed by atoms with Crippen LogP contribution in [-0.2, 0) is 24.0 Å². The Morgan fingerprint density at radius 2 is 1.23 bits per heavy atom. The summed E-state index contributed by atoms with van der Waals surface area (Å²) in [5.41, 5.74) is -0.295. The van der Waals surface area contributed by atoms with Gasteiger partial charge in [-0.15, -0.1) is 0 Å². The van der Waals surface area contributed by atoms with Crippen LogP contribution in [0.4, 0.5) is 0 Å². The lowest BCUT2D eigenvalue weighted by Crippen LogP contribution is -2.46. The zero-order valence-electron chi connectivity index (χ0n) is 10.6. The predicted molar refractivity (Wildman–Crippen MR) is 64.6 cm³/mol. The fourth-order valence-electron chi connectivity index (χ4n) is 1.77. The van der Waals surface area contributed by atoms with Crippen molar-refractivity contribution in [1.82, 2.24) is 4.90 Å². The van der Waals surface area contributed by atoms with E-state index >= 15 is 0 Å². The molecule has 0 fully saturated rings. The number of amides is 3.